The van der Waals surface area contributed by atoms with Gasteiger partial charge in [-0.25, -0.2) is 0 Å². The van der Waals surface area contributed by atoms with Gasteiger partial charge in [-0.2, -0.15) is 0 Å². The third-order valence-electron chi connectivity index (χ3n) is 3.04. The van der Waals surface area contributed by atoms with Gasteiger partial charge in [-0.1, -0.05) is 18.2 Å². The predicted octanol–water partition coefficient (Wildman–Crippen LogP) is 1.58. The molecule has 1 aliphatic heterocycles. The minimum Gasteiger partial charge on any atom is -0.389 e. The second-order valence-electron chi connectivity index (χ2n) is 4.38. The number of carbonyl (C=O) groups excluding carboxylic acids is 1. The van der Waals surface area contributed by atoms with Crippen molar-refractivity contribution in [2.45, 2.75) is 24.9 Å². The molecule has 1 heterocycles. The van der Waals surface area contributed by atoms with Gasteiger partial charge in [-0.3, -0.25) is 4.79 Å². The Labute approximate surface area is 95.0 Å². The first-order valence-electron chi connectivity index (χ1n) is 5.56. The molecule has 1 aromatic rings. The molecule has 2 rings (SSSR count). The Kier molecular flexibility index (Phi) is 3.36. The van der Waals surface area contributed by atoms with E-state index in [1.54, 1.807) is 6.07 Å². The SMILES string of the molecule is O=Cc1cccc(CC2(O)CCOCC2)c1. The summed E-state index contributed by atoms with van der Waals surface area (Å²) in [6.45, 7) is 1.23. The molecule has 1 aliphatic rings. The molecule has 0 aromatic heterocycles. The molecule has 86 valence electrons. The predicted molar refractivity (Wildman–Crippen MR) is 60.5 cm³/mol. The summed E-state index contributed by atoms with van der Waals surface area (Å²) < 4.78 is 5.23. The maximum atomic E-state index is 10.6. The highest BCUT2D eigenvalue weighted by Crippen LogP contribution is 2.25. The van der Waals surface area contributed by atoms with Crippen molar-refractivity contribution in [3.63, 3.8) is 0 Å². The Bertz CT molecular complexity index is 367. The van der Waals surface area contributed by atoms with Crippen molar-refractivity contribution in [2.24, 2.45) is 0 Å². The quantitative estimate of drug-likeness (QED) is 0.787. The van der Waals surface area contributed by atoms with Gasteiger partial charge in [0.2, 0.25) is 0 Å². The summed E-state index contributed by atoms with van der Waals surface area (Å²) in [5.41, 5.74) is 1.00. The van der Waals surface area contributed by atoms with Gasteiger partial charge < -0.3 is 9.84 Å². The van der Waals surface area contributed by atoms with Crippen LogP contribution in [0.5, 0.6) is 0 Å². The maximum absolute atomic E-state index is 10.6. The topological polar surface area (TPSA) is 46.5 Å². The van der Waals surface area contributed by atoms with Gasteiger partial charge in [-0.05, 0) is 24.5 Å². The van der Waals surface area contributed by atoms with Crippen LogP contribution in [0.25, 0.3) is 0 Å². The van der Waals surface area contributed by atoms with Crippen LogP contribution in [-0.2, 0) is 11.2 Å². The third-order valence-corrected chi connectivity index (χ3v) is 3.04. The third kappa shape index (κ3) is 2.68. The van der Waals surface area contributed by atoms with E-state index in [9.17, 15) is 9.90 Å². The summed E-state index contributed by atoms with van der Waals surface area (Å²) in [4.78, 5) is 10.6. The van der Waals surface area contributed by atoms with Crippen molar-refractivity contribution in [1.82, 2.24) is 0 Å². The number of aliphatic hydroxyl groups is 1. The van der Waals surface area contributed by atoms with Crippen LogP contribution in [-0.4, -0.2) is 30.2 Å². The summed E-state index contributed by atoms with van der Waals surface area (Å²) in [6.07, 6.45) is 2.76. The zero-order chi connectivity index (χ0) is 11.4. The highest BCUT2D eigenvalue weighted by Gasteiger charge is 2.29. The zero-order valence-electron chi connectivity index (χ0n) is 9.19. The van der Waals surface area contributed by atoms with E-state index in [4.69, 9.17) is 4.74 Å². The fourth-order valence-electron chi connectivity index (χ4n) is 2.08. The largest absolute Gasteiger partial charge is 0.389 e. The summed E-state index contributed by atoms with van der Waals surface area (Å²) in [7, 11) is 0. The molecule has 0 atom stereocenters. The van der Waals surface area contributed by atoms with Gasteiger partial charge >= 0.3 is 0 Å². The molecule has 16 heavy (non-hydrogen) atoms. The van der Waals surface area contributed by atoms with Gasteiger partial charge in [0.05, 0.1) is 5.60 Å². The number of ether oxygens (including phenoxy) is 1. The van der Waals surface area contributed by atoms with Crippen molar-refractivity contribution >= 4 is 6.29 Å². The van der Waals surface area contributed by atoms with Crippen LogP contribution in [0.3, 0.4) is 0 Å². The minimum absolute atomic E-state index is 0.595. The van der Waals surface area contributed by atoms with Crippen LogP contribution in [0.2, 0.25) is 0 Å². The van der Waals surface area contributed by atoms with E-state index in [-0.39, 0.29) is 0 Å². The number of carbonyl (C=O) groups is 1. The van der Waals surface area contributed by atoms with Crippen LogP contribution in [0.15, 0.2) is 24.3 Å². The van der Waals surface area contributed by atoms with Crippen molar-refractivity contribution in [3.8, 4) is 0 Å². The van der Waals surface area contributed by atoms with Gasteiger partial charge in [0.1, 0.15) is 6.29 Å². The molecular weight excluding hydrogens is 204 g/mol. The Balaban J connectivity index is 2.09. The van der Waals surface area contributed by atoms with E-state index in [1.165, 1.54) is 0 Å². The fourth-order valence-corrected chi connectivity index (χ4v) is 2.08. The van der Waals surface area contributed by atoms with E-state index in [1.807, 2.05) is 18.2 Å². The fraction of sp³-hybridized carbons (Fsp3) is 0.462. The Morgan fingerprint density at radius 3 is 2.81 bits per heavy atom. The average molecular weight is 220 g/mol. The summed E-state index contributed by atoms with van der Waals surface area (Å²) in [5, 5.41) is 10.3. The normalized spacial score (nSPS) is 19.3. The summed E-state index contributed by atoms with van der Waals surface area (Å²) in [5.74, 6) is 0. The van der Waals surface area contributed by atoms with E-state index in [0.717, 1.165) is 11.8 Å². The maximum Gasteiger partial charge on any atom is 0.150 e. The molecule has 0 saturated carbocycles. The number of hydrogen-bond acceptors (Lipinski definition) is 3. The van der Waals surface area contributed by atoms with Crippen LogP contribution < -0.4 is 0 Å². The van der Waals surface area contributed by atoms with Crippen molar-refractivity contribution in [1.29, 1.82) is 0 Å². The molecule has 3 heteroatoms. The molecule has 3 nitrogen and oxygen atoms in total. The Morgan fingerprint density at radius 1 is 1.38 bits per heavy atom. The molecule has 0 bridgehead atoms. The first kappa shape index (κ1) is 11.3. The Hall–Kier alpha value is -1.19. The lowest BCUT2D eigenvalue weighted by atomic mass is 9.87. The molecule has 0 amide bonds. The van der Waals surface area contributed by atoms with Crippen LogP contribution in [0.1, 0.15) is 28.8 Å². The van der Waals surface area contributed by atoms with Crippen molar-refractivity contribution in [2.75, 3.05) is 13.2 Å². The first-order chi connectivity index (χ1) is 7.72. The van der Waals surface area contributed by atoms with Crippen molar-refractivity contribution in [3.05, 3.63) is 35.4 Å². The van der Waals surface area contributed by atoms with E-state index in [0.29, 0.717) is 38.0 Å². The molecule has 1 fully saturated rings. The molecule has 0 spiro atoms. The number of benzene rings is 1. The van der Waals surface area contributed by atoms with Crippen LogP contribution >= 0.6 is 0 Å². The smallest absolute Gasteiger partial charge is 0.150 e. The van der Waals surface area contributed by atoms with Crippen LogP contribution in [0, 0.1) is 0 Å². The second kappa shape index (κ2) is 4.76. The van der Waals surface area contributed by atoms with E-state index >= 15 is 0 Å². The molecule has 1 aromatic carbocycles. The number of hydrogen-bond donors (Lipinski definition) is 1. The van der Waals surface area contributed by atoms with Gasteiger partial charge in [0.25, 0.3) is 0 Å². The lowest BCUT2D eigenvalue weighted by Crippen LogP contribution is -2.38. The van der Waals surface area contributed by atoms with Crippen molar-refractivity contribution < 1.29 is 14.6 Å². The average Bonchev–Trinajstić information content (AvgIpc) is 2.29. The highest BCUT2D eigenvalue weighted by atomic mass is 16.5. The zero-order valence-corrected chi connectivity index (χ0v) is 9.19. The van der Waals surface area contributed by atoms with E-state index < -0.39 is 5.60 Å². The highest BCUT2D eigenvalue weighted by molar-refractivity contribution is 5.74. The molecule has 1 saturated heterocycles. The minimum atomic E-state index is -0.667. The monoisotopic (exact) mass is 220 g/mol. The van der Waals surface area contributed by atoms with E-state index in [2.05, 4.69) is 0 Å². The lowest BCUT2D eigenvalue weighted by molar-refractivity contribution is -0.0625. The molecule has 0 unspecified atom stereocenters. The molecule has 0 aliphatic carbocycles. The van der Waals surface area contributed by atoms with Gasteiger partial charge in [0, 0.05) is 25.2 Å². The lowest BCUT2D eigenvalue weighted by Gasteiger charge is -2.32. The molecule has 0 radical (unpaired) electrons. The Morgan fingerprint density at radius 2 is 2.12 bits per heavy atom. The summed E-state index contributed by atoms with van der Waals surface area (Å²) in [6, 6.07) is 7.40. The second-order valence-corrected chi connectivity index (χ2v) is 4.38. The summed E-state index contributed by atoms with van der Waals surface area (Å²) >= 11 is 0. The van der Waals surface area contributed by atoms with Gasteiger partial charge in [0.15, 0.2) is 0 Å². The number of rotatable bonds is 3. The first-order valence-corrected chi connectivity index (χ1v) is 5.56. The van der Waals surface area contributed by atoms with Crippen LogP contribution in [0.4, 0.5) is 0 Å². The molecule has 1 N–H and O–H groups in total. The molecular formula is C13H16O3. The number of aldehydes is 1. The van der Waals surface area contributed by atoms with Gasteiger partial charge in [-0.15, -0.1) is 0 Å². The standard InChI is InChI=1S/C13H16O3/c14-10-12-3-1-2-11(8-12)9-13(15)4-6-16-7-5-13/h1-3,8,10,15H,4-7,9H2.